The Kier molecular flexibility index (Phi) is 5.15. The summed E-state index contributed by atoms with van der Waals surface area (Å²) in [7, 11) is 0. The number of carboxylic acid groups (broad SMARTS) is 1. The smallest absolute Gasteiger partial charge is 0.303 e. The number of hydrogen-bond donors (Lipinski definition) is 2. The van der Waals surface area contributed by atoms with Gasteiger partial charge in [-0.2, -0.15) is 0 Å². The van der Waals surface area contributed by atoms with Gasteiger partial charge in [0.2, 0.25) is 0 Å². The largest absolute Gasteiger partial charge is 0.481 e. The van der Waals surface area contributed by atoms with E-state index in [1.807, 2.05) is 13.0 Å². The minimum Gasteiger partial charge on any atom is -0.481 e. The first-order valence-electron chi connectivity index (χ1n) is 7.21. The van der Waals surface area contributed by atoms with E-state index in [0.717, 1.165) is 50.5 Å². The van der Waals surface area contributed by atoms with E-state index in [9.17, 15) is 4.79 Å². The van der Waals surface area contributed by atoms with Gasteiger partial charge < -0.3 is 15.3 Å². The summed E-state index contributed by atoms with van der Waals surface area (Å²) in [6.45, 7) is 4.75. The number of nitrogens with zero attached hydrogens (tertiary/aromatic N) is 3. The molecule has 6 nitrogen and oxygen atoms in total. The SMILES string of the molecule is CCNc1cc(N2CCC(CCC(=O)O)CC2)ncn1. The molecule has 0 aliphatic carbocycles. The summed E-state index contributed by atoms with van der Waals surface area (Å²) in [5, 5.41) is 11.9. The highest BCUT2D eigenvalue weighted by molar-refractivity contribution is 5.66. The van der Waals surface area contributed by atoms with Crippen molar-refractivity contribution in [1.29, 1.82) is 0 Å². The zero-order chi connectivity index (χ0) is 14.4. The molecule has 110 valence electrons. The lowest BCUT2D eigenvalue weighted by Crippen LogP contribution is -2.34. The summed E-state index contributed by atoms with van der Waals surface area (Å²) in [6.07, 6.45) is 4.73. The second kappa shape index (κ2) is 7.07. The van der Waals surface area contributed by atoms with Crippen molar-refractivity contribution < 1.29 is 9.90 Å². The van der Waals surface area contributed by atoms with Crippen molar-refractivity contribution >= 4 is 17.6 Å². The number of nitrogens with one attached hydrogen (secondary N) is 1. The second-order valence-electron chi connectivity index (χ2n) is 5.15. The van der Waals surface area contributed by atoms with Crippen LogP contribution >= 0.6 is 0 Å². The van der Waals surface area contributed by atoms with Crippen LogP contribution in [0.15, 0.2) is 12.4 Å². The maximum Gasteiger partial charge on any atom is 0.303 e. The molecule has 1 aromatic rings. The second-order valence-corrected chi connectivity index (χ2v) is 5.15. The summed E-state index contributed by atoms with van der Waals surface area (Å²) in [6, 6.07) is 1.97. The van der Waals surface area contributed by atoms with Gasteiger partial charge in [-0.05, 0) is 32.1 Å². The Morgan fingerprint density at radius 3 is 2.85 bits per heavy atom. The summed E-state index contributed by atoms with van der Waals surface area (Å²) >= 11 is 0. The molecule has 2 heterocycles. The van der Waals surface area contributed by atoms with Gasteiger partial charge in [-0.15, -0.1) is 0 Å². The number of anilines is 2. The molecule has 0 spiro atoms. The summed E-state index contributed by atoms with van der Waals surface area (Å²) in [5.41, 5.74) is 0. The van der Waals surface area contributed by atoms with Gasteiger partial charge in [-0.1, -0.05) is 0 Å². The van der Waals surface area contributed by atoms with E-state index in [0.29, 0.717) is 5.92 Å². The third-order valence-electron chi connectivity index (χ3n) is 3.72. The van der Waals surface area contributed by atoms with Crippen molar-refractivity contribution in [2.24, 2.45) is 5.92 Å². The predicted molar refractivity (Wildman–Crippen MR) is 78.0 cm³/mol. The van der Waals surface area contributed by atoms with Crippen molar-refractivity contribution in [3.05, 3.63) is 12.4 Å². The summed E-state index contributed by atoms with van der Waals surface area (Å²) < 4.78 is 0. The molecule has 0 amide bonds. The number of piperidine rings is 1. The van der Waals surface area contributed by atoms with Crippen LogP contribution in [-0.4, -0.2) is 40.7 Å². The maximum atomic E-state index is 10.6. The molecule has 1 aliphatic rings. The number of hydrogen-bond acceptors (Lipinski definition) is 5. The molecule has 0 atom stereocenters. The summed E-state index contributed by atoms with van der Waals surface area (Å²) in [5.74, 6) is 1.63. The Labute approximate surface area is 119 Å². The zero-order valence-corrected chi connectivity index (χ0v) is 11.9. The number of rotatable bonds is 6. The molecule has 20 heavy (non-hydrogen) atoms. The van der Waals surface area contributed by atoms with E-state index >= 15 is 0 Å². The van der Waals surface area contributed by atoms with Gasteiger partial charge in [-0.25, -0.2) is 9.97 Å². The van der Waals surface area contributed by atoms with E-state index in [4.69, 9.17) is 5.11 Å². The van der Waals surface area contributed by atoms with Gasteiger partial charge in [0.05, 0.1) is 0 Å². The molecule has 1 fully saturated rings. The molecule has 0 aromatic carbocycles. The van der Waals surface area contributed by atoms with Crippen LogP contribution in [0.4, 0.5) is 11.6 Å². The minimum absolute atomic E-state index is 0.280. The van der Waals surface area contributed by atoms with Crippen LogP contribution in [0.1, 0.15) is 32.6 Å². The topological polar surface area (TPSA) is 78.4 Å². The molecule has 1 aromatic heterocycles. The minimum atomic E-state index is -0.696. The van der Waals surface area contributed by atoms with E-state index in [2.05, 4.69) is 20.2 Å². The van der Waals surface area contributed by atoms with Crippen LogP contribution in [0.2, 0.25) is 0 Å². The first kappa shape index (κ1) is 14.6. The van der Waals surface area contributed by atoms with E-state index in [-0.39, 0.29) is 6.42 Å². The van der Waals surface area contributed by atoms with Gasteiger partial charge in [0.15, 0.2) is 0 Å². The first-order valence-corrected chi connectivity index (χ1v) is 7.21. The average molecular weight is 278 g/mol. The maximum absolute atomic E-state index is 10.6. The van der Waals surface area contributed by atoms with Crippen LogP contribution in [-0.2, 0) is 4.79 Å². The fraction of sp³-hybridized carbons (Fsp3) is 0.643. The Morgan fingerprint density at radius 2 is 2.20 bits per heavy atom. The highest BCUT2D eigenvalue weighted by atomic mass is 16.4. The molecule has 0 bridgehead atoms. The zero-order valence-electron chi connectivity index (χ0n) is 11.9. The monoisotopic (exact) mass is 278 g/mol. The lowest BCUT2D eigenvalue weighted by Gasteiger charge is -2.32. The molecular formula is C14H22N4O2. The van der Waals surface area contributed by atoms with Crippen LogP contribution in [0.3, 0.4) is 0 Å². The standard InChI is InChI=1S/C14H22N4O2/c1-2-15-12-9-13(17-10-16-12)18-7-5-11(6-8-18)3-4-14(19)20/h9-11H,2-8H2,1H3,(H,19,20)(H,15,16,17). The van der Waals surface area contributed by atoms with Gasteiger partial charge >= 0.3 is 5.97 Å². The van der Waals surface area contributed by atoms with Crippen LogP contribution in [0.25, 0.3) is 0 Å². The first-order chi connectivity index (χ1) is 9.69. The molecule has 0 saturated carbocycles. The Balaban J connectivity index is 1.86. The third kappa shape index (κ3) is 4.08. The van der Waals surface area contributed by atoms with Crippen molar-refractivity contribution in [3.63, 3.8) is 0 Å². The Bertz CT molecular complexity index is 445. The van der Waals surface area contributed by atoms with Crippen molar-refractivity contribution in [2.75, 3.05) is 29.9 Å². The molecule has 0 unspecified atom stereocenters. The highest BCUT2D eigenvalue weighted by Gasteiger charge is 2.20. The van der Waals surface area contributed by atoms with Crippen molar-refractivity contribution in [2.45, 2.75) is 32.6 Å². The molecule has 0 radical (unpaired) electrons. The number of aromatic nitrogens is 2. The average Bonchev–Trinajstić information content (AvgIpc) is 2.46. The Hall–Kier alpha value is -1.85. The summed E-state index contributed by atoms with van der Waals surface area (Å²) in [4.78, 5) is 21.3. The highest BCUT2D eigenvalue weighted by Crippen LogP contribution is 2.25. The molecule has 2 N–H and O–H groups in total. The molecule has 2 rings (SSSR count). The quantitative estimate of drug-likeness (QED) is 0.828. The van der Waals surface area contributed by atoms with Crippen LogP contribution in [0.5, 0.6) is 0 Å². The molecule has 6 heteroatoms. The lowest BCUT2D eigenvalue weighted by atomic mass is 9.92. The number of carboxylic acids is 1. The van der Waals surface area contributed by atoms with Gasteiger partial charge in [-0.3, -0.25) is 4.79 Å². The van der Waals surface area contributed by atoms with Crippen molar-refractivity contribution in [3.8, 4) is 0 Å². The normalized spacial score (nSPS) is 16.1. The van der Waals surface area contributed by atoms with Crippen LogP contribution in [0, 0.1) is 5.92 Å². The fourth-order valence-corrected chi connectivity index (χ4v) is 2.58. The Morgan fingerprint density at radius 1 is 1.45 bits per heavy atom. The van der Waals surface area contributed by atoms with Gasteiger partial charge in [0, 0.05) is 32.1 Å². The predicted octanol–water partition coefficient (Wildman–Crippen LogP) is 1.99. The molecular weight excluding hydrogens is 256 g/mol. The fourth-order valence-electron chi connectivity index (χ4n) is 2.58. The van der Waals surface area contributed by atoms with E-state index in [1.54, 1.807) is 6.33 Å². The molecule has 1 saturated heterocycles. The third-order valence-corrected chi connectivity index (χ3v) is 3.72. The van der Waals surface area contributed by atoms with Gasteiger partial charge in [0.1, 0.15) is 18.0 Å². The molecule has 1 aliphatic heterocycles. The van der Waals surface area contributed by atoms with Gasteiger partial charge in [0.25, 0.3) is 0 Å². The van der Waals surface area contributed by atoms with Crippen molar-refractivity contribution in [1.82, 2.24) is 9.97 Å². The number of aliphatic carboxylic acids is 1. The number of carbonyl (C=O) groups is 1. The van der Waals surface area contributed by atoms with Crippen LogP contribution < -0.4 is 10.2 Å². The lowest BCUT2D eigenvalue weighted by molar-refractivity contribution is -0.137. The van der Waals surface area contributed by atoms with E-state index < -0.39 is 5.97 Å². The van der Waals surface area contributed by atoms with E-state index in [1.165, 1.54) is 0 Å².